The van der Waals surface area contributed by atoms with Gasteiger partial charge in [0.25, 0.3) is 5.91 Å². The second kappa shape index (κ2) is 6.82. The fourth-order valence-corrected chi connectivity index (χ4v) is 3.10. The van der Waals surface area contributed by atoms with Gasteiger partial charge in [0.05, 0.1) is 16.9 Å². The van der Waals surface area contributed by atoms with E-state index in [2.05, 4.69) is 15.6 Å². The third-order valence-corrected chi connectivity index (χ3v) is 4.92. The highest BCUT2D eigenvalue weighted by Gasteiger charge is 2.25. The Morgan fingerprint density at radius 1 is 1.31 bits per heavy atom. The molecular weight excluding hydrogens is 455 g/mol. The zero-order chi connectivity index (χ0) is 18.3. The predicted molar refractivity (Wildman–Crippen MR) is 101 cm³/mol. The summed E-state index contributed by atoms with van der Waals surface area (Å²) < 4.78 is 35.0. The van der Waals surface area contributed by atoms with Gasteiger partial charge in [-0.25, -0.2) is 13.8 Å². The molecule has 3 aromatic rings. The van der Waals surface area contributed by atoms with Crippen LogP contribution in [0.15, 0.2) is 35.1 Å². The SMILES string of the molecule is O=C(NCC1CC1)c1cc2ocnc2c(F)c1Nc1ccc(I)cc1F. The smallest absolute Gasteiger partial charge is 0.253 e. The molecule has 8 heteroatoms. The van der Waals surface area contributed by atoms with Crippen LogP contribution in [0.3, 0.4) is 0 Å². The molecule has 1 aliphatic carbocycles. The van der Waals surface area contributed by atoms with Crippen LogP contribution in [0.5, 0.6) is 0 Å². The summed E-state index contributed by atoms with van der Waals surface area (Å²) in [5, 5.41) is 5.50. The number of hydrogen-bond donors (Lipinski definition) is 2. The number of aromatic nitrogens is 1. The molecule has 0 unspecified atom stereocenters. The van der Waals surface area contributed by atoms with Crippen LogP contribution < -0.4 is 10.6 Å². The summed E-state index contributed by atoms with van der Waals surface area (Å²) in [5.74, 6) is -1.27. The Kier molecular flexibility index (Phi) is 4.51. The lowest BCUT2D eigenvalue weighted by molar-refractivity contribution is 0.0952. The molecule has 0 bridgehead atoms. The minimum absolute atomic E-state index is 0.0165. The molecule has 2 aromatic carbocycles. The predicted octanol–water partition coefficient (Wildman–Crippen LogP) is 4.59. The standard InChI is InChI=1S/C18H14F2IN3O2/c19-12-5-10(21)3-4-13(12)24-16-11(18(25)22-7-9-1-2-9)6-14-17(15(16)20)23-8-26-14/h3-6,8-9,24H,1-2,7H2,(H,22,25). The zero-order valence-corrected chi connectivity index (χ0v) is 15.6. The van der Waals surface area contributed by atoms with E-state index in [1.807, 2.05) is 22.6 Å². The number of nitrogens with zero attached hydrogens (tertiary/aromatic N) is 1. The van der Waals surface area contributed by atoms with Gasteiger partial charge in [-0.15, -0.1) is 0 Å². The fraction of sp³-hybridized carbons (Fsp3) is 0.222. The first-order valence-corrected chi connectivity index (χ1v) is 9.17. The summed E-state index contributed by atoms with van der Waals surface area (Å²) >= 11 is 1.98. The van der Waals surface area contributed by atoms with Crippen LogP contribution in [0.2, 0.25) is 0 Å². The van der Waals surface area contributed by atoms with Gasteiger partial charge < -0.3 is 15.1 Å². The van der Waals surface area contributed by atoms with Crippen molar-refractivity contribution in [3.05, 3.63) is 51.4 Å². The van der Waals surface area contributed by atoms with E-state index in [-0.39, 0.29) is 28.0 Å². The van der Waals surface area contributed by atoms with Gasteiger partial charge in [-0.1, -0.05) is 0 Å². The Labute approximate surface area is 161 Å². The summed E-state index contributed by atoms with van der Waals surface area (Å²) in [6.45, 7) is 0.534. The molecular formula is C18H14F2IN3O2. The number of benzene rings is 2. The van der Waals surface area contributed by atoms with Crippen LogP contribution in [0.1, 0.15) is 23.2 Å². The molecule has 26 heavy (non-hydrogen) atoms. The van der Waals surface area contributed by atoms with Gasteiger partial charge in [0.2, 0.25) is 0 Å². The summed E-state index contributed by atoms with van der Waals surface area (Å²) in [4.78, 5) is 16.4. The van der Waals surface area contributed by atoms with Gasteiger partial charge in [0, 0.05) is 10.1 Å². The van der Waals surface area contributed by atoms with Crippen LogP contribution in [0.4, 0.5) is 20.2 Å². The Hall–Kier alpha value is -2.23. The molecule has 4 rings (SSSR count). The summed E-state index contributed by atoms with van der Waals surface area (Å²) in [5.41, 5.74) is 0.137. The number of halogens is 3. The van der Waals surface area contributed by atoms with E-state index in [1.54, 1.807) is 6.07 Å². The lowest BCUT2D eigenvalue weighted by Crippen LogP contribution is -2.26. The molecule has 0 aliphatic heterocycles. The molecule has 1 fully saturated rings. The van der Waals surface area contributed by atoms with Gasteiger partial charge in [-0.2, -0.15) is 0 Å². The van der Waals surface area contributed by atoms with Crippen LogP contribution in [-0.4, -0.2) is 17.4 Å². The molecule has 1 aromatic heterocycles. The van der Waals surface area contributed by atoms with Crippen LogP contribution in [-0.2, 0) is 0 Å². The number of carbonyl (C=O) groups excluding carboxylic acids is 1. The van der Waals surface area contributed by atoms with Crippen LogP contribution in [0, 0.1) is 21.1 Å². The van der Waals surface area contributed by atoms with E-state index in [0.29, 0.717) is 16.0 Å². The summed E-state index contributed by atoms with van der Waals surface area (Å²) in [6, 6.07) is 5.92. The number of rotatable bonds is 5. The Morgan fingerprint density at radius 3 is 2.85 bits per heavy atom. The van der Waals surface area contributed by atoms with Crippen molar-refractivity contribution in [3.8, 4) is 0 Å². The van der Waals surface area contributed by atoms with Crippen LogP contribution in [0.25, 0.3) is 11.1 Å². The molecule has 1 saturated carbocycles. The van der Waals surface area contributed by atoms with Crippen molar-refractivity contribution in [2.45, 2.75) is 12.8 Å². The van der Waals surface area contributed by atoms with Crippen molar-refractivity contribution < 1.29 is 18.0 Å². The Bertz CT molecular complexity index is 1000. The molecule has 0 spiro atoms. The maximum Gasteiger partial charge on any atom is 0.253 e. The molecule has 0 atom stereocenters. The molecule has 2 N–H and O–H groups in total. The van der Waals surface area contributed by atoms with E-state index in [9.17, 15) is 13.6 Å². The molecule has 1 heterocycles. The largest absolute Gasteiger partial charge is 0.443 e. The van der Waals surface area contributed by atoms with Gasteiger partial charge in [0.1, 0.15) is 11.3 Å². The molecule has 134 valence electrons. The van der Waals surface area contributed by atoms with Crippen molar-refractivity contribution >= 4 is 51.0 Å². The first-order valence-electron chi connectivity index (χ1n) is 8.09. The molecule has 0 saturated heterocycles. The van der Waals surface area contributed by atoms with Gasteiger partial charge >= 0.3 is 0 Å². The third-order valence-electron chi connectivity index (χ3n) is 4.25. The number of carbonyl (C=O) groups is 1. The maximum atomic E-state index is 14.9. The monoisotopic (exact) mass is 469 g/mol. The highest BCUT2D eigenvalue weighted by atomic mass is 127. The number of amides is 1. The van der Waals surface area contributed by atoms with Crippen molar-refractivity contribution in [1.82, 2.24) is 10.3 Å². The highest BCUT2D eigenvalue weighted by Crippen LogP contribution is 2.32. The topological polar surface area (TPSA) is 67.2 Å². The third kappa shape index (κ3) is 3.37. The molecule has 0 radical (unpaired) electrons. The lowest BCUT2D eigenvalue weighted by atomic mass is 10.1. The van der Waals surface area contributed by atoms with Crippen molar-refractivity contribution in [1.29, 1.82) is 0 Å². The number of fused-ring (bicyclic) bond motifs is 1. The lowest BCUT2D eigenvalue weighted by Gasteiger charge is -2.14. The minimum Gasteiger partial charge on any atom is -0.443 e. The molecule has 1 aliphatic rings. The Morgan fingerprint density at radius 2 is 2.12 bits per heavy atom. The van der Waals surface area contributed by atoms with E-state index in [1.165, 1.54) is 18.2 Å². The average molecular weight is 469 g/mol. The van der Waals surface area contributed by atoms with E-state index < -0.39 is 17.5 Å². The summed E-state index contributed by atoms with van der Waals surface area (Å²) in [6.07, 6.45) is 3.26. The van der Waals surface area contributed by atoms with E-state index >= 15 is 0 Å². The van der Waals surface area contributed by atoms with Crippen LogP contribution >= 0.6 is 22.6 Å². The number of nitrogens with one attached hydrogen (secondary N) is 2. The molecule has 5 nitrogen and oxygen atoms in total. The van der Waals surface area contributed by atoms with Gasteiger partial charge in [-0.05, 0) is 65.6 Å². The van der Waals surface area contributed by atoms with E-state index in [4.69, 9.17) is 4.42 Å². The zero-order valence-electron chi connectivity index (χ0n) is 13.5. The average Bonchev–Trinajstić information content (AvgIpc) is 3.32. The fourth-order valence-electron chi connectivity index (χ4n) is 2.64. The quantitative estimate of drug-likeness (QED) is 0.537. The first-order chi connectivity index (χ1) is 12.5. The molecule has 1 amide bonds. The second-order valence-electron chi connectivity index (χ2n) is 6.21. The second-order valence-corrected chi connectivity index (χ2v) is 7.46. The number of anilines is 2. The van der Waals surface area contributed by atoms with E-state index in [0.717, 1.165) is 19.2 Å². The van der Waals surface area contributed by atoms with Crippen molar-refractivity contribution in [2.75, 3.05) is 11.9 Å². The maximum absolute atomic E-state index is 14.9. The minimum atomic E-state index is -0.759. The first kappa shape index (κ1) is 17.2. The van der Waals surface area contributed by atoms with Gasteiger partial charge in [-0.3, -0.25) is 4.79 Å². The van der Waals surface area contributed by atoms with Crippen molar-refractivity contribution in [2.24, 2.45) is 5.92 Å². The highest BCUT2D eigenvalue weighted by molar-refractivity contribution is 14.1. The number of hydrogen-bond acceptors (Lipinski definition) is 4. The summed E-state index contributed by atoms with van der Waals surface area (Å²) in [7, 11) is 0. The normalized spacial score (nSPS) is 13.8. The van der Waals surface area contributed by atoms with Gasteiger partial charge in [0.15, 0.2) is 17.8 Å². The number of oxazole rings is 1. The van der Waals surface area contributed by atoms with Crippen molar-refractivity contribution in [3.63, 3.8) is 0 Å². The Balaban J connectivity index is 1.75.